The molecule has 1 amide bonds. The molecule has 0 aromatic heterocycles. The van der Waals surface area contributed by atoms with Crippen LogP contribution in [0.1, 0.15) is 35.1 Å². The molecule has 5 heteroatoms. The first-order chi connectivity index (χ1) is 12.9. The number of fused-ring (bicyclic) bond motifs is 1. The Bertz CT molecular complexity index is 801. The molecule has 2 N–H and O–H groups in total. The Morgan fingerprint density at radius 1 is 1.19 bits per heavy atom. The molecule has 5 nitrogen and oxygen atoms in total. The quantitative estimate of drug-likeness (QED) is 0.788. The van der Waals surface area contributed by atoms with Gasteiger partial charge in [0.05, 0.1) is 0 Å². The number of aryl methyl sites for hydroxylation is 2. The fraction of sp³-hybridized carbons (Fsp3) is 0.364. The number of carboxylic acids is 1. The number of carboxylic acid groups (broad SMARTS) is 1. The second-order valence-corrected chi connectivity index (χ2v) is 7.18. The Morgan fingerprint density at radius 2 is 1.89 bits per heavy atom. The summed E-state index contributed by atoms with van der Waals surface area (Å²) in [6, 6.07) is 13.6. The molecular weight excluding hydrogens is 342 g/mol. The number of rotatable bonds is 7. The monoisotopic (exact) mass is 367 g/mol. The molecule has 0 spiro atoms. The average molecular weight is 367 g/mol. The van der Waals surface area contributed by atoms with Crippen molar-refractivity contribution in [3.05, 3.63) is 64.7 Å². The van der Waals surface area contributed by atoms with Gasteiger partial charge in [0.1, 0.15) is 5.75 Å². The second kappa shape index (κ2) is 8.25. The van der Waals surface area contributed by atoms with E-state index in [4.69, 9.17) is 9.84 Å². The zero-order valence-corrected chi connectivity index (χ0v) is 15.7. The van der Waals surface area contributed by atoms with Gasteiger partial charge < -0.3 is 15.2 Å². The molecule has 27 heavy (non-hydrogen) atoms. The molecule has 0 bridgehead atoms. The van der Waals surface area contributed by atoms with Crippen molar-refractivity contribution >= 4 is 11.9 Å². The van der Waals surface area contributed by atoms with E-state index in [-0.39, 0.29) is 18.4 Å². The molecule has 2 aromatic carbocycles. The normalized spacial score (nSPS) is 16.3. The van der Waals surface area contributed by atoms with Crippen molar-refractivity contribution in [2.24, 2.45) is 0 Å². The summed E-state index contributed by atoms with van der Waals surface area (Å²) in [5.41, 5.74) is 4.43. The first-order valence-electron chi connectivity index (χ1n) is 9.25. The summed E-state index contributed by atoms with van der Waals surface area (Å²) >= 11 is 0. The molecule has 1 aliphatic heterocycles. The molecule has 1 heterocycles. The van der Waals surface area contributed by atoms with Crippen molar-refractivity contribution in [2.75, 3.05) is 0 Å². The van der Waals surface area contributed by atoms with Gasteiger partial charge in [-0.2, -0.15) is 0 Å². The van der Waals surface area contributed by atoms with Crippen molar-refractivity contribution in [1.29, 1.82) is 0 Å². The van der Waals surface area contributed by atoms with E-state index in [9.17, 15) is 9.59 Å². The van der Waals surface area contributed by atoms with Gasteiger partial charge in [0.25, 0.3) is 5.91 Å². The van der Waals surface area contributed by atoms with E-state index in [1.165, 1.54) is 5.56 Å². The predicted molar refractivity (Wildman–Crippen MR) is 103 cm³/mol. The van der Waals surface area contributed by atoms with E-state index >= 15 is 0 Å². The first kappa shape index (κ1) is 19.0. The number of aliphatic carboxylic acids is 1. The summed E-state index contributed by atoms with van der Waals surface area (Å²) in [5, 5.41) is 12.0. The lowest BCUT2D eigenvalue weighted by Gasteiger charge is -2.20. The van der Waals surface area contributed by atoms with E-state index in [1.807, 2.05) is 50.2 Å². The number of carbonyl (C=O) groups excluding carboxylic acids is 1. The van der Waals surface area contributed by atoms with Crippen LogP contribution >= 0.6 is 0 Å². The lowest BCUT2D eigenvalue weighted by Crippen LogP contribution is -2.44. The number of carbonyl (C=O) groups is 2. The highest BCUT2D eigenvalue weighted by Gasteiger charge is 2.30. The van der Waals surface area contributed by atoms with Crippen LogP contribution in [-0.4, -0.2) is 29.1 Å². The Balaban J connectivity index is 1.66. The van der Waals surface area contributed by atoms with Crippen LogP contribution in [0.5, 0.6) is 5.75 Å². The lowest BCUT2D eigenvalue weighted by molar-refractivity contribution is -0.137. The molecule has 2 unspecified atom stereocenters. The minimum Gasteiger partial charge on any atom is -0.481 e. The van der Waals surface area contributed by atoms with Gasteiger partial charge in [-0.15, -0.1) is 0 Å². The van der Waals surface area contributed by atoms with Crippen LogP contribution in [-0.2, 0) is 22.4 Å². The maximum atomic E-state index is 12.7. The van der Waals surface area contributed by atoms with Crippen molar-refractivity contribution < 1.29 is 19.4 Å². The Labute approximate surface area is 159 Å². The summed E-state index contributed by atoms with van der Waals surface area (Å²) < 4.78 is 5.85. The largest absolute Gasteiger partial charge is 0.481 e. The highest BCUT2D eigenvalue weighted by Crippen LogP contribution is 2.31. The fourth-order valence-electron chi connectivity index (χ4n) is 3.38. The van der Waals surface area contributed by atoms with Crippen LogP contribution < -0.4 is 10.1 Å². The van der Waals surface area contributed by atoms with Gasteiger partial charge in [0.2, 0.25) is 0 Å². The van der Waals surface area contributed by atoms with Crippen LogP contribution in [0.4, 0.5) is 0 Å². The number of ether oxygens (including phenoxy) is 1. The molecular formula is C22H25NO4. The van der Waals surface area contributed by atoms with E-state index in [0.29, 0.717) is 19.3 Å². The molecule has 2 atom stereocenters. The van der Waals surface area contributed by atoms with Gasteiger partial charge in [0, 0.05) is 18.9 Å². The summed E-state index contributed by atoms with van der Waals surface area (Å²) in [6.45, 7) is 4.07. The van der Waals surface area contributed by atoms with Gasteiger partial charge in [-0.05, 0) is 55.0 Å². The SMILES string of the molecule is Cc1cc2c(cc1C)OC(C(=O)NC(CCC(=O)O)Cc1ccccc1)C2. The van der Waals surface area contributed by atoms with Crippen LogP contribution in [0.3, 0.4) is 0 Å². The van der Waals surface area contributed by atoms with Crippen molar-refractivity contribution in [1.82, 2.24) is 5.32 Å². The maximum absolute atomic E-state index is 12.7. The number of hydrogen-bond donors (Lipinski definition) is 2. The Hall–Kier alpha value is -2.82. The average Bonchev–Trinajstić information content (AvgIpc) is 3.03. The van der Waals surface area contributed by atoms with Crippen LogP contribution in [0, 0.1) is 13.8 Å². The Morgan fingerprint density at radius 3 is 2.59 bits per heavy atom. The fourth-order valence-corrected chi connectivity index (χ4v) is 3.38. The van der Waals surface area contributed by atoms with Crippen molar-refractivity contribution in [3.8, 4) is 5.75 Å². The molecule has 1 aliphatic rings. The highest BCUT2D eigenvalue weighted by molar-refractivity contribution is 5.83. The third-order valence-electron chi connectivity index (χ3n) is 5.02. The van der Waals surface area contributed by atoms with Crippen molar-refractivity contribution in [2.45, 2.75) is 51.7 Å². The van der Waals surface area contributed by atoms with Crippen LogP contribution in [0.15, 0.2) is 42.5 Å². The van der Waals surface area contributed by atoms with Gasteiger partial charge in [0.15, 0.2) is 6.10 Å². The lowest BCUT2D eigenvalue weighted by atomic mass is 10.0. The molecule has 142 valence electrons. The smallest absolute Gasteiger partial charge is 0.303 e. The van der Waals surface area contributed by atoms with Gasteiger partial charge in [-0.3, -0.25) is 9.59 Å². The first-order valence-corrected chi connectivity index (χ1v) is 9.25. The molecule has 0 fully saturated rings. The van der Waals surface area contributed by atoms with Crippen LogP contribution in [0.2, 0.25) is 0 Å². The molecule has 0 radical (unpaired) electrons. The topological polar surface area (TPSA) is 75.6 Å². The third-order valence-corrected chi connectivity index (χ3v) is 5.02. The standard InChI is InChI=1S/C22H25NO4/c1-14-10-17-13-20(27-19(17)11-15(14)2)22(26)23-18(8-9-21(24)25)12-16-6-4-3-5-7-16/h3-7,10-11,18,20H,8-9,12-13H2,1-2H3,(H,23,26)(H,24,25). The zero-order chi connectivity index (χ0) is 19.4. The predicted octanol–water partition coefficient (Wildman–Crippen LogP) is 3.20. The van der Waals surface area contributed by atoms with E-state index in [1.54, 1.807) is 0 Å². The highest BCUT2D eigenvalue weighted by atomic mass is 16.5. The zero-order valence-electron chi connectivity index (χ0n) is 15.7. The second-order valence-electron chi connectivity index (χ2n) is 7.18. The molecule has 0 saturated carbocycles. The maximum Gasteiger partial charge on any atom is 0.303 e. The van der Waals surface area contributed by atoms with E-state index in [0.717, 1.165) is 22.4 Å². The summed E-state index contributed by atoms with van der Waals surface area (Å²) in [6.07, 6.45) is 0.969. The minimum absolute atomic E-state index is 0.0158. The van der Waals surface area contributed by atoms with Gasteiger partial charge in [-0.1, -0.05) is 36.4 Å². The van der Waals surface area contributed by atoms with Gasteiger partial charge >= 0.3 is 5.97 Å². The number of hydrogen-bond acceptors (Lipinski definition) is 3. The minimum atomic E-state index is -0.863. The molecule has 0 aliphatic carbocycles. The van der Waals surface area contributed by atoms with E-state index in [2.05, 4.69) is 11.4 Å². The summed E-state index contributed by atoms with van der Waals surface area (Å²) in [7, 11) is 0. The molecule has 0 saturated heterocycles. The molecule has 3 rings (SSSR count). The molecule has 2 aromatic rings. The van der Waals surface area contributed by atoms with Crippen LogP contribution in [0.25, 0.3) is 0 Å². The number of nitrogens with one attached hydrogen (secondary N) is 1. The number of amides is 1. The van der Waals surface area contributed by atoms with E-state index < -0.39 is 12.1 Å². The third kappa shape index (κ3) is 4.88. The number of benzene rings is 2. The van der Waals surface area contributed by atoms with Gasteiger partial charge in [-0.25, -0.2) is 0 Å². The Kier molecular flexibility index (Phi) is 5.79. The summed E-state index contributed by atoms with van der Waals surface area (Å²) in [5.74, 6) is -0.283. The van der Waals surface area contributed by atoms with Crippen molar-refractivity contribution in [3.63, 3.8) is 0 Å². The summed E-state index contributed by atoms with van der Waals surface area (Å²) in [4.78, 5) is 23.7.